The number of carbonyl (C=O) groups excluding carboxylic acids is 1. The quantitative estimate of drug-likeness (QED) is 0.799. The first-order valence-corrected chi connectivity index (χ1v) is 7.33. The molecule has 0 atom stereocenters. The Balaban J connectivity index is 2.60. The van der Waals surface area contributed by atoms with Crippen molar-refractivity contribution in [2.24, 2.45) is 0 Å². The van der Waals surface area contributed by atoms with Crippen molar-refractivity contribution in [3.05, 3.63) is 34.4 Å². The van der Waals surface area contributed by atoms with Crippen LogP contribution in [0.15, 0.2) is 28.9 Å². The van der Waals surface area contributed by atoms with Crippen molar-refractivity contribution >= 4 is 38.5 Å². The van der Waals surface area contributed by atoms with E-state index >= 15 is 0 Å². The van der Waals surface area contributed by atoms with E-state index in [1.807, 2.05) is 18.2 Å². The smallest absolute Gasteiger partial charge is 0.340 e. The molecule has 0 N–H and O–H groups in total. The second kappa shape index (κ2) is 6.22. The average Bonchev–Trinajstić information content (AvgIpc) is 2.48. The van der Waals surface area contributed by atoms with Gasteiger partial charge in [-0.05, 0) is 48.0 Å². The molecule has 106 valence electrons. The van der Waals surface area contributed by atoms with E-state index in [1.165, 1.54) is 13.3 Å². The summed E-state index contributed by atoms with van der Waals surface area (Å²) in [4.78, 5) is 18.3. The number of hydrogen-bond acceptors (Lipinski definition) is 4. The van der Waals surface area contributed by atoms with Crippen LogP contribution in [0.25, 0.3) is 10.9 Å². The number of nitrogens with zero attached hydrogens (tertiary/aromatic N) is 2. The molecular formula is C15H17BrN2O2. The summed E-state index contributed by atoms with van der Waals surface area (Å²) in [7, 11) is 1.37. The first-order chi connectivity index (χ1) is 9.62. The molecule has 1 aromatic carbocycles. The molecule has 4 nitrogen and oxygen atoms in total. The van der Waals surface area contributed by atoms with Gasteiger partial charge >= 0.3 is 5.97 Å². The molecule has 0 aliphatic heterocycles. The maximum Gasteiger partial charge on any atom is 0.340 e. The first-order valence-electron chi connectivity index (χ1n) is 6.53. The number of aromatic nitrogens is 1. The van der Waals surface area contributed by atoms with Crippen LogP contribution in [0.4, 0.5) is 5.69 Å². The molecule has 0 saturated carbocycles. The molecule has 1 aromatic heterocycles. The Bertz CT molecular complexity index is 639. The zero-order valence-corrected chi connectivity index (χ0v) is 13.4. The largest absolute Gasteiger partial charge is 0.465 e. The van der Waals surface area contributed by atoms with Crippen molar-refractivity contribution in [2.45, 2.75) is 13.8 Å². The van der Waals surface area contributed by atoms with Crippen LogP contribution >= 0.6 is 15.9 Å². The first kappa shape index (κ1) is 14.8. The van der Waals surface area contributed by atoms with Crippen LogP contribution in [0.1, 0.15) is 24.2 Å². The Kier molecular flexibility index (Phi) is 4.60. The second-order valence-electron chi connectivity index (χ2n) is 4.35. The van der Waals surface area contributed by atoms with Crippen LogP contribution in [0.5, 0.6) is 0 Å². The van der Waals surface area contributed by atoms with Gasteiger partial charge in [0.2, 0.25) is 0 Å². The lowest BCUT2D eigenvalue weighted by Gasteiger charge is -2.21. The van der Waals surface area contributed by atoms with Gasteiger partial charge in [0.1, 0.15) is 0 Å². The fourth-order valence-corrected chi connectivity index (χ4v) is 2.77. The summed E-state index contributed by atoms with van der Waals surface area (Å²) in [5.41, 5.74) is 2.41. The number of hydrogen-bond donors (Lipinski definition) is 0. The third-order valence-corrected chi connectivity index (χ3v) is 4.17. The van der Waals surface area contributed by atoms with E-state index in [-0.39, 0.29) is 5.97 Å². The van der Waals surface area contributed by atoms with E-state index in [2.05, 4.69) is 39.7 Å². The van der Waals surface area contributed by atoms with E-state index in [1.54, 1.807) is 0 Å². The number of benzene rings is 1. The molecule has 2 aromatic rings. The number of fused-ring (bicyclic) bond motifs is 1. The molecular weight excluding hydrogens is 320 g/mol. The molecule has 0 radical (unpaired) electrons. The molecule has 5 heteroatoms. The zero-order valence-electron chi connectivity index (χ0n) is 11.8. The Hall–Kier alpha value is -1.62. The molecule has 1 heterocycles. The third kappa shape index (κ3) is 2.63. The van der Waals surface area contributed by atoms with E-state index in [0.717, 1.165) is 34.2 Å². The van der Waals surface area contributed by atoms with Gasteiger partial charge in [0.15, 0.2) is 0 Å². The molecule has 0 spiro atoms. The number of pyridine rings is 1. The monoisotopic (exact) mass is 336 g/mol. The molecule has 0 unspecified atom stereocenters. The van der Waals surface area contributed by atoms with E-state index < -0.39 is 0 Å². The number of rotatable bonds is 4. The second-order valence-corrected chi connectivity index (χ2v) is 5.14. The van der Waals surface area contributed by atoms with Crippen LogP contribution in [0, 0.1) is 0 Å². The Morgan fingerprint density at radius 3 is 2.65 bits per heavy atom. The van der Waals surface area contributed by atoms with E-state index in [9.17, 15) is 4.79 Å². The van der Waals surface area contributed by atoms with E-state index in [4.69, 9.17) is 4.74 Å². The van der Waals surface area contributed by atoms with Gasteiger partial charge in [0.05, 0.1) is 18.2 Å². The predicted molar refractivity (Wildman–Crippen MR) is 84.3 cm³/mol. The number of methoxy groups -OCH3 is 1. The van der Waals surface area contributed by atoms with Crippen LogP contribution in [-0.4, -0.2) is 31.2 Å². The van der Waals surface area contributed by atoms with Crippen LogP contribution in [0.3, 0.4) is 0 Å². The van der Waals surface area contributed by atoms with Crippen molar-refractivity contribution in [2.75, 3.05) is 25.1 Å². The molecule has 20 heavy (non-hydrogen) atoms. The summed E-state index contributed by atoms with van der Waals surface area (Å²) in [6, 6.07) is 6.06. The third-order valence-electron chi connectivity index (χ3n) is 3.32. The highest BCUT2D eigenvalue weighted by atomic mass is 79.9. The topological polar surface area (TPSA) is 42.4 Å². The summed E-state index contributed by atoms with van der Waals surface area (Å²) in [5, 5.41) is 0.914. The number of anilines is 1. The summed E-state index contributed by atoms with van der Waals surface area (Å²) < 4.78 is 5.49. The number of halogens is 1. The minimum absolute atomic E-state index is 0.389. The van der Waals surface area contributed by atoms with Gasteiger partial charge in [0, 0.05) is 34.8 Å². The lowest BCUT2D eigenvalue weighted by molar-refractivity contribution is 0.0599. The van der Waals surface area contributed by atoms with Gasteiger partial charge in [-0.15, -0.1) is 0 Å². The lowest BCUT2D eigenvalue weighted by Crippen LogP contribution is -2.21. The van der Waals surface area contributed by atoms with Crippen molar-refractivity contribution in [3.8, 4) is 0 Å². The SMILES string of the molecule is CCN(CC)c1ccc2ncc(C(=O)OC)c(Br)c2c1. The normalized spacial score (nSPS) is 10.6. The fraction of sp³-hybridized carbons (Fsp3) is 0.333. The fourth-order valence-electron chi connectivity index (χ4n) is 2.19. The van der Waals surface area contributed by atoms with Gasteiger partial charge in [-0.1, -0.05) is 0 Å². The minimum atomic E-state index is -0.389. The van der Waals surface area contributed by atoms with Crippen LogP contribution in [-0.2, 0) is 4.74 Å². The molecule has 0 fully saturated rings. The standard InChI is InChI=1S/C15H17BrN2O2/c1-4-18(5-2)10-6-7-13-11(8-10)14(16)12(9-17-13)15(19)20-3/h6-9H,4-5H2,1-3H3. The summed E-state index contributed by atoms with van der Waals surface area (Å²) >= 11 is 3.49. The minimum Gasteiger partial charge on any atom is -0.465 e. The molecule has 0 aliphatic carbocycles. The van der Waals surface area contributed by atoms with Crippen molar-refractivity contribution in [1.82, 2.24) is 4.98 Å². The maximum atomic E-state index is 11.7. The Morgan fingerprint density at radius 1 is 1.35 bits per heavy atom. The van der Waals surface area contributed by atoms with Gasteiger partial charge < -0.3 is 9.64 Å². The average molecular weight is 337 g/mol. The summed E-state index contributed by atoms with van der Waals surface area (Å²) in [6.45, 7) is 6.10. The van der Waals surface area contributed by atoms with Gasteiger partial charge in [-0.2, -0.15) is 0 Å². The van der Waals surface area contributed by atoms with Crippen molar-refractivity contribution < 1.29 is 9.53 Å². The highest BCUT2D eigenvalue weighted by Crippen LogP contribution is 2.30. The van der Waals surface area contributed by atoms with Gasteiger partial charge in [-0.25, -0.2) is 4.79 Å². The van der Waals surface area contributed by atoms with Crippen molar-refractivity contribution in [3.63, 3.8) is 0 Å². The van der Waals surface area contributed by atoms with E-state index in [0.29, 0.717) is 5.56 Å². The highest BCUT2D eigenvalue weighted by Gasteiger charge is 2.15. The molecule has 2 rings (SSSR count). The number of ether oxygens (including phenoxy) is 1. The molecule has 0 bridgehead atoms. The van der Waals surface area contributed by atoms with Crippen molar-refractivity contribution in [1.29, 1.82) is 0 Å². The predicted octanol–water partition coefficient (Wildman–Crippen LogP) is 3.63. The van der Waals surface area contributed by atoms with Gasteiger partial charge in [-0.3, -0.25) is 4.98 Å². The Labute approximate surface area is 126 Å². The van der Waals surface area contributed by atoms with Crippen LogP contribution < -0.4 is 4.90 Å². The zero-order chi connectivity index (χ0) is 14.7. The lowest BCUT2D eigenvalue weighted by atomic mass is 10.1. The molecule has 0 saturated heterocycles. The maximum absolute atomic E-state index is 11.7. The van der Waals surface area contributed by atoms with Gasteiger partial charge in [0.25, 0.3) is 0 Å². The molecule has 0 amide bonds. The highest BCUT2D eigenvalue weighted by molar-refractivity contribution is 9.10. The number of carbonyl (C=O) groups is 1. The number of esters is 1. The van der Waals surface area contributed by atoms with Crippen LogP contribution in [0.2, 0.25) is 0 Å². The molecule has 0 aliphatic rings. The Morgan fingerprint density at radius 2 is 2.05 bits per heavy atom. The summed E-state index contributed by atoms with van der Waals surface area (Å²) in [5.74, 6) is -0.389. The summed E-state index contributed by atoms with van der Waals surface area (Å²) in [6.07, 6.45) is 1.54.